The number of hydrogen-bond donors (Lipinski definition) is 1. The van der Waals surface area contributed by atoms with Gasteiger partial charge in [-0.1, -0.05) is 18.2 Å². The van der Waals surface area contributed by atoms with Gasteiger partial charge in [-0.05, 0) is 100 Å². The first-order valence-electron chi connectivity index (χ1n) is 10.6. The van der Waals surface area contributed by atoms with E-state index in [9.17, 15) is 4.79 Å². The molecule has 4 rings (SSSR count). The van der Waals surface area contributed by atoms with Crippen molar-refractivity contribution in [1.29, 1.82) is 0 Å². The van der Waals surface area contributed by atoms with Crippen molar-refractivity contribution in [2.75, 3.05) is 26.2 Å². The topological polar surface area (TPSA) is 41.6 Å². The minimum Gasteiger partial charge on any atom is -0.444 e. The van der Waals surface area contributed by atoms with Gasteiger partial charge in [0, 0.05) is 13.1 Å². The number of likely N-dealkylation sites (tertiary alicyclic amines) is 1. The molecule has 2 aliphatic heterocycles. The van der Waals surface area contributed by atoms with Gasteiger partial charge in [-0.25, -0.2) is 4.79 Å². The number of carbonyl (C=O) groups excluding carboxylic acids is 1. The van der Waals surface area contributed by atoms with Crippen molar-refractivity contribution in [2.45, 2.75) is 70.8 Å². The standard InChI is InChI=1S/C23H34N2O2/c1-22(2,3)27-21(26)25-12-8-23(9-13-25)15-19-5-4-18(14-20(19)16-23)17-6-10-24-11-7-17/h4-5,14,17,24H,6-13,15-16H2,1-3H3. The van der Waals surface area contributed by atoms with E-state index in [1.165, 1.54) is 25.7 Å². The summed E-state index contributed by atoms with van der Waals surface area (Å²) in [5, 5.41) is 3.47. The summed E-state index contributed by atoms with van der Waals surface area (Å²) in [5.74, 6) is 0.724. The molecule has 0 radical (unpaired) electrons. The molecule has 2 heterocycles. The highest BCUT2D eigenvalue weighted by Gasteiger charge is 2.41. The molecular weight excluding hydrogens is 336 g/mol. The molecule has 2 saturated heterocycles. The lowest BCUT2D eigenvalue weighted by atomic mass is 9.76. The van der Waals surface area contributed by atoms with Crippen molar-refractivity contribution in [3.05, 3.63) is 34.9 Å². The lowest BCUT2D eigenvalue weighted by Crippen LogP contribution is -2.45. The summed E-state index contributed by atoms with van der Waals surface area (Å²) in [4.78, 5) is 14.3. The molecule has 1 aliphatic carbocycles. The van der Waals surface area contributed by atoms with Crippen LogP contribution in [0.3, 0.4) is 0 Å². The molecule has 3 aliphatic rings. The molecule has 1 amide bonds. The van der Waals surface area contributed by atoms with Crippen LogP contribution in [0.25, 0.3) is 0 Å². The molecule has 1 aromatic rings. The Kier molecular flexibility index (Phi) is 4.96. The molecule has 4 heteroatoms. The van der Waals surface area contributed by atoms with Crippen LogP contribution >= 0.6 is 0 Å². The molecule has 0 atom stereocenters. The number of piperidine rings is 2. The van der Waals surface area contributed by atoms with E-state index in [1.54, 1.807) is 16.7 Å². The molecule has 4 nitrogen and oxygen atoms in total. The van der Waals surface area contributed by atoms with Gasteiger partial charge in [-0.2, -0.15) is 0 Å². The third-order valence-electron chi connectivity index (χ3n) is 6.65. The van der Waals surface area contributed by atoms with E-state index in [-0.39, 0.29) is 6.09 Å². The Balaban J connectivity index is 1.39. The molecule has 27 heavy (non-hydrogen) atoms. The van der Waals surface area contributed by atoms with Gasteiger partial charge in [0.2, 0.25) is 0 Å². The molecule has 148 valence electrons. The van der Waals surface area contributed by atoms with Crippen LogP contribution in [0.5, 0.6) is 0 Å². The zero-order valence-corrected chi connectivity index (χ0v) is 17.1. The fraction of sp³-hybridized carbons (Fsp3) is 0.696. The number of hydrogen-bond acceptors (Lipinski definition) is 3. The zero-order valence-electron chi connectivity index (χ0n) is 17.1. The van der Waals surface area contributed by atoms with Gasteiger partial charge >= 0.3 is 6.09 Å². The molecule has 0 unspecified atom stereocenters. The van der Waals surface area contributed by atoms with Gasteiger partial charge in [0.1, 0.15) is 5.60 Å². The first-order valence-corrected chi connectivity index (χ1v) is 10.6. The highest BCUT2D eigenvalue weighted by Crippen LogP contribution is 2.45. The fourth-order valence-electron chi connectivity index (χ4n) is 5.11. The molecule has 0 saturated carbocycles. The Morgan fingerprint density at radius 1 is 1.11 bits per heavy atom. The minimum atomic E-state index is -0.416. The molecule has 1 spiro atoms. The van der Waals surface area contributed by atoms with Crippen molar-refractivity contribution in [3.8, 4) is 0 Å². The Morgan fingerprint density at radius 3 is 2.44 bits per heavy atom. The second kappa shape index (κ2) is 7.12. The van der Waals surface area contributed by atoms with Crippen molar-refractivity contribution in [3.63, 3.8) is 0 Å². The summed E-state index contributed by atoms with van der Waals surface area (Å²) in [6.45, 7) is 9.74. The predicted octanol–water partition coefficient (Wildman–Crippen LogP) is 4.27. The monoisotopic (exact) mass is 370 g/mol. The zero-order chi connectivity index (χ0) is 19.1. The summed E-state index contributed by atoms with van der Waals surface area (Å²) in [7, 11) is 0. The van der Waals surface area contributed by atoms with Crippen LogP contribution in [0.1, 0.15) is 69.1 Å². The molecule has 0 bridgehead atoms. The lowest BCUT2D eigenvalue weighted by molar-refractivity contribution is 0.0111. The second-order valence-electron chi connectivity index (χ2n) is 9.87. The quantitative estimate of drug-likeness (QED) is 0.803. The van der Waals surface area contributed by atoms with E-state index in [0.717, 1.165) is 44.9 Å². The number of benzene rings is 1. The Morgan fingerprint density at radius 2 is 1.78 bits per heavy atom. The largest absolute Gasteiger partial charge is 0.444 e. The normalized spacial score (nSPS) is 22.7. The number of carbonyl (C=O) groups is 1. The van der Waals surface area contributed by atoms with Crippen LogP contribution in [0.2, 0.25) is 0 Å². The smallest absolute Gasteiger partial charge is 0.410 e. The number of fused-ring (bicyclic) bond motifs is 1. The van der Waals surface area contributed by atoms with Crippen LogP contribution < -0.4 is 5.32 Å². The lowest BCUT2D eigenvalue weighted by Gasteiger charge is -2.39. The van der Waals surface area contributed by atoms with Gasteiger partial charge in [-0.3, -0.25) is 0 Å². The number of ether oxygens (including phenoxy) is 1. The Hall–Kier alpha value is -1.55. The minimum absolute atomic E-state index is 0.152. The van der Waals surface area contributed by atoms with Gasteiger partial charge < -0.3 is 15.0 Å². The highest BCUT2D eigenvalue weighted by molar-refractivity contribution is 5.68. The highest BCUT2D eigenvalue weighted by atomic mass is 16.6. The average molecular weight is 371 g/mol. The number of nitrogens with zero attached hydrogens (tertiary/aromatic N) is 1. The molecular formula is C23H34N2O2. The molecule has 1 aromatic carbocycles. The van der Waals surface area contributed by atoms with Crippen molar-refractivity contribution in [2.24, 2.45) is 5.41 Å². The van der Waals surface area contributed by atoms with Crippen molar-refractivity contribution >= 4 is 6.09 Å². The SMILES string of the molecule is CC(C)(C)OC(=O)N1CCC2(CC1)Cc1ccc(C3CCNCC3)cc1C2. The van der Waals surface area contributed by atoms with Crippen molar-refractivity contribution < 1.29 is 9.53 Å². The van der Waals surface area contributed by atoms with E-state index in [1.807, 2.05) is 25.7 Å². The van der Waals surface area contributed by atoms with Gasteiger partial charge in [0.05, 0.1) is 0 Å². The second-order valence-corrected chi connectivity index (χ2v) is 9.87. The average Bonchev–Trinajstić information content (AvgIpc) is 2.98. The first-order chi connectivity index (χ1) is 12.8. The van der Waals surface area contributed by atoms with E-state index >= 15 is 0 Å². The van der Waals surface area contributed by atoms with Crippen LogP contribution in [0.15, 0.2) is 18.2 Å². The van der Waals surface area contributed by atoms with Crippen LogP contribution in [0.4, 0.5) is 4.79 Å². The number of nitrogens with one attached hydrogen (secondary N) is 1. The summed E-state index contributed by atoms with van der Waals surface area (Å²) >= 11 is 0. The van der Waals surface area contributed by atoms with Crippen LogP contribution in [-0.2, 0) is 17.6 Å². The summed E-state index contributed by atoms with van der Waals surface area (Å²) in [5.41, 5.74) is 4.59. The van der Waals surface area contributed by atoms with E-state index in [4.69, 9.17) is 4.74 Å². The number of rotatable bonds is 1. The first kappa shape index (κ1) is 18.8. The van der Waals surface area contributed by atoms with Crippen molar-refractivity contribution in [1.82, 2.24) is 10.2 Å². The third-order valence-corrected chi connectivity index (χ3v) is 6.65. The van der Waals surface area contributed by atoms with E-state index in [2.05, 4.69) is 23.5 Å². The van der Waals surface area contributed by atoms with E-state index in [0.29, 0.717) is 5.41 Å². The summed E-state index contributed by atoms with van der Waals surface area (Å²) < 4.78 is 5.55. The van der Waals surface area contributed by atoms with E-state index < -0.39 is 5.60 Å². The van der Waals surface area contributed by atoms with Gasteiger partial charge in [0.25, 0.3) is 0 Å². The molecule has 0 aromatic heterocycles. The number of amides is 1. The van der Waals surface area contributed by atoms with Gasteiger partial charge in [0.15, 0.2) is 0 Å². The third kappa shape index (κ3) is 4.16. The summed E-state index contributed by atoms with van der Waals surface area (Å²) in [6, 6.07) is 7.27. The fourth-order valence-corrected chi connectivity index (χ4v) is 5.11. The van der Waals surface area contributed by atoms with Crippen LogP contribution in [-0.4, -0.2) is 42.8 Å². The molecule has 2 fully saturated rings. The maximum atomic E-state index is 12.4. The Bertz CT molecular complexity index is 693. The Labute approximate surface area is 163 Å². The van der Waals surface area contributed by atoms with Gasteiger partial charge in [-0.15, -0.1) is 0 Å². The maximum absolute atomic E-state index is 12.4. The van der Waals surface area contributed by atoms with Crippen LogP contribution in [0, 0.1) is 5.41 Å². The molecule has 1 N–H and O–H groups in total. The summed E-state index contributed by atoms with van der Waals surface area (Å²) in [6.07, 6.45) is 6.90. The predicted molar refractivity (Wildman–Crippen MR) is 108 cm³/mol. The maximum Gasteiger partial charge on any atom is 0.410 e.